The van der Waals surface area contributed by atoms with E-state index in [-0.39, 0.29) is 17.1 Å². The molecule has 0 spiro atoms. The van der Waals surface area contributed by atoms with Crippen molar-refractivity contribution in [3.63, 3.8) is 0 Å². The van der Waals surface area contributed by atoms with E-state index >= 15 is 0 Å². The molecule has 0 aliphatic heterocycles. The Hall–Kier alpha value is -1.12. The number of carbonyl (C=O) groups is 2. The van der Waals surface area contributed by atoms with E-state index in [0.717, 1.165) is 0 Å². The summed E-state index contributed by atoms with van der Waals surface area (Å²) in [4.78, 5) is 22.2. The van der Waals surface area contributed by atoms with Crippen molar-refractivity contribution in [2.24, 2.45) is 0 Å². The Morgan fingerprint density at radius 2 is 1.54 bits per heavy atom. The van der Waals surface area contributed by atoms with E-state index in [1.165, 1.54) is 13.8 Å². The van der Waals surface area contributed by atoms with E-state index < -0.39 is 0 Å². The Labute approximate surface area is 78.8 Å². The standard InChI is InChI=1S/C10H16O3/c1-5-9(13-6-2)10(7(3)11)8(4)12/h5-6H2,1-4H3. The zero-order valence-corrected chi connectivity index (χ0v) is 8.64. The van der Waals surface area contributed by atoms with E-state index in [2.05, 4.69) is 0 Å². The molecule has 0 amide bonds. The predicted molar refractivity (Wildman–Crippen MR) is 50.3 cm³/mol. The summed E-state index contributed by atoms with van der Waals surface area (Å²) in [5.74, 6) is 0.0538. The van der Waals surface area contributed by atoms with Crippen molar-refractivity contribution in [3.05, 3.63) is 11.3 Å². The normalized spacial score (nSPS) is 9.23. The number of ether oxygens (including phenoxy) is 1. The van der Waals surface area contributed by atoms with Crippen LogP contribution in [0.5, 0.6) is 0 Å². The third-order valence-electron chi connectivity index (χ3n) is 1.62. The SMILES string of the molecule is CCOC(CC)=C(C(C)=O)C(C)=O. The summed E-state index contributed by atoms with van der Waals surface area (Å²) in [5.41, 5.74) is 0.198. The van der Waals surface area contributed by atoms with Crippen LogP contribution in [0.25, 0.3) is 0 Å². The van der Waals surface area contributed by atoms with Gasteiger partial charge in [0.05, 0.1) is 12.2 Å². The minimum absolute atomic E-state index is 0.198. The van der Waals surface area contributed by atoms with Gasteiger partial charge in [-0.05, 0) is 20.8 Å². The fourth-order valence-electron chi connectivity index (χ4n) is 1.17. The van der Waals surface area contributed by atoms with Crippen molar-refractivity contribution in [1.29, 1.82) is 0 Å². The molecule has 3 heteroatoms. The maximum absolute atomic E-state index is 11.1. The predicted octanol–water partition coefficient (Wildman–Crippen LogP) is 1.86. The summed E-state index contributed by atoms with van der Waals surface area (Å²) in [6, 6.07) is 0. The zero-order chi connectivity index (χ0) is 10.4. The lowest BCUT2D eigenvalue weighted by Gasteiger charge is -2.09. The van der Waals surface area contributed by atoms with Gasteiger partial charge in [0.15, 0.2) is 11.6 Å². The average Bonchev–Trinajstić information content (AvgIpc) is 2.02. The summed E-state index contributed by atoms with van der Waals surface area (Å²) in [6.45, 7) is 6.93. The van der Waals surface area contributed by atoms with E-state index in [1.807, 2.05) is 13.8 Å². The molecular formula is C10H16O3. The highest BCUT2D eigenvalue weighted by molar-refractivity contribution is 6.18. The average molecular weight is 184 g/mol. The van der Waals surface area contributed by atoms with Crippen LogP contribution in [0.4, 0.5) is 0 Å². The molecule has 0 aliphatic carbocycles. The number of rotatable bonds is 5. The van der Waals surface area contributed by atoms with Crippen molar-refractivity contribution in [2.45, 2.75) is 34.1 Å². The maximum Gasteiger partial charge on any atom is 0.166 e. The van der Waals surface area contributed by atoms with Crippen LogP contribution in [-0.4, -0.2) is 18.2 Å². The van der Waals surface area contributed by atoms with Crippen LogP contribution in [0.15, 0.2) is 11.3 Å². The molecule has 0 saturated carbocycles. The van der Waals surface area contributed by atoms with Gasteiger partial charge in [0.2, 0.25) is 0 Å². The molecule has 0 atom stereocenters. The molecule has 0 bridgehead atoms. The molecule has 3 nitrogen and oxygen atoms in total. The van der Waals surface area contributed by atoms with Crippen molar-refractivity contribution in [3.8, 4) is 0 Å². The molecular weight excluding hydrogens is 168 g/mol. The first-order chi connectivity index (χ1) is 6.04. The van der Waals surface area contributed by atoms with E-state index in [9.17, 15) is 9.59 Å². The van der Waals surface area contributed by atoms with Gasteiger partial charge in [0.25, 0.3) is 0 Å². The Kier molecular flexibility index (Phi) is 5.04. The minimum Gasteiger partial charge on any atom is -0.497 e. The molecule has 0 N–H and O–H groups in total. The van der Waals surface area contributed by atoms with Crippen molar-refractivity contribution in [1.82, 2.24) is 0 Å². The Bertz CT molecular complexity index is 223. The smallest absolute Gasteiger partial charge is 0.166 e. The van der Waals surface area contributed by atoms with Crippen LogP contribution in [-0.2, 0) is 14.3 Å². The summed E-state index contributed by atoms with van der Waals surface area (Å²) in [6.07, 6.45) is 0.572. The van der Waals surface area contributed by atoms with Gasteiger partial charge < -0.3 is 4.74 Å². The summed E-state index contributed by atoms with van der Waals surface area (Å²) < 4.78 is 5.21. The Morgan fingerprint density at radius 1 is 1.08 bits per heavy atom. The second-order valence-corrected chi connectivity index (χ2v) is 2.70. The fraction of sp³-hybridized carbons (Fsp3) is 0.600. The molecule has 0 aromatic rings. The number of allylic oxidation sites excluding steroid dienone is 2. The maximum atomic E-state index is 11.1. The molecule has 0 heterocycles. The third-order valence-corrected chi connectivity index (χ3v) is 1.62. The summed E-state index contributed by atoms with van der Waals surface area (Å²) in [7, 11) is 0. The molecule has 0 unspecified atom stereocenters. The molecule has 13 heavy (non-hydrogen) atoms. The van der Waals surface area contributed by atoms with Crippen molar-refractivity contribution >= 4 is 11.6 Å². The molecule has 0 aromatic carbocycles. The molecule has 0 aliphatic rings. The van der Waals surface area contributed by atoms with Gasteiger partial charge in [0, 0.05) is 6.42 Å². The molecule has 0 rings (SSSR count). The monoisotopic (exact) mass is 184 g/mol. The van der Waals surface area contributed by atoms with Gasteiger partial charge >= 0.3 is 0 Å². The topological polar surface area (TPSA) is 43.4 Å². The van der Waals surface area contributed by atoms with Crippen LogP contribution in [0.1, 0.15) is 34.1 Å². The minimum atomic E-state index is -0.224. The van der Waals surface area contributed by atoms with E-state index in [1.54, 1.807) is 0 Å². The van der Waals surface area contributed by atoms with E-state index in [0.29, 0.717) is 18.8 Å². The number of hydrogen-bond donors (Lipinski definition) is 0. The van der Waals surface area contributed by atoms with Crippen molar-refractivity contribution in [2.75, 3.05) is 6.61 Å². The molecule has 0 saturated heterocycles. The lowest BCUT2D eigenvalue weighted by Crippen LogP contribution is -2.11. The largest absolute Gasteiger partial charge is 0.497 e. The number of Topliss-reactive ketones (excluding diaryl/α,β-unsaturated/α-hetero) is 2. The van der Waals surface area contributed by atoms with Crippen LogP contribution in [0.3, 0.4) is 0 Å². The van der Waals surface area contributed by atoms with Crippen LogP contribution >= 0.6 is 0 Å². The lowest BCUT2D eigenvalue weighted by molar-refractivity contribution is -0.119. The number of ketones is 2. The first kappa shape index (κ1) is 11.9. The number of hydrogen-bond acceptors (Lipinski definition) is 3. The van der Waals surface area contributed by atoms with Gasteiger partial charge in [0.1, 0.15) is 5.76 Å². The van der Waals surface area contributed by atoms with Gasteiger partial charge in [-0.3, -0.25) is 9.59 Å². The van der Waals surface area contributed by atoms with Gasteiger partial charge in [-0.1, -0.05) is 6.92 Å². The van der Waals surface area contributed by atoms with Crippen LogP contribution in [0.2, 0.25) is 0 Å². The fourth-order valence-corrected chi connectivity index (χ4v) is 1.17. The molecule has 0 radical (unpaired) electrons. The third kappa shape index (κ3) is 3.40. The quantitative estimate of drug-likeness (QED) is 0.283. The van der Waals surface area contributed by atoms with Gasteiger partial charge in [-0.15, -0.1) is 0 Å². The van der Waals surface area contributed by atoms with Gasteiger partial charge in [-0.25, -0.2) is 0 Å². The molecule has 0 fully saturated rings. The summed E-state index contributed by atoms with van der Waals surface area (Å²) in [5, 5.41) is 0. The summed E-state index contributed by atoms with van der Waals surface area (Å²) >= 11 is 0. The highest BCUT2D eigenvalue weighted by Gasteiger charge is 2.15. The Morgan fingerprint density at radius 3 is 1.77 bits per heavy atom. The molecule has 0 aromatic heterocycles. The second kappa shape index (κ2) is 5.51. The molecule has 74 valence electrons. The highest BCUT2D eigenvalue weighted by Crippen LogP contribution is 2.12. The van der Waals surface area contributed by atoms with Crippen molar-refractivity contribution < 1.29 is 14.3 Å². The number of carbonyl (C=O) groups excluding carboxylic acids is 2. The highest BCUT2D eigenvalue weighted by atomic mass is 16.5. The van der Waals surface area contributed by atoms with Gasteiger partial charge in [-0.2, -0.15) is 0 Å². The zero-order valence-electron chi connectivity index (χ0n) is 8.64. The van der Waals surface area contributed by atoms with E-state index in [4.69, 9.17) is 4.74 Å². The second-order valence-electron chi connectivity index (χ2n) is 2.70. The first-order valence-electron chi connectivity index (χ1n) is 4.42. The van der Waals surface area contributed by atoms with Crippen LogP contribution in [0, 0.1) is 0 Å². The van der Waals surface area contributed by atoms with Crippen LogP contribution < -0.4 is 0 Å². The lowest BCUT2D eigenvalue weighted by atomic mass is 10.1. The Balaban J connectivity index is 5.00. The first-order valence-corrected chi connectivity index (χ1v) is 4.42.